The Bertz CT molecular complexity index is 31.1. The van der Waals surface area contributed by atoms with Gasteiger partial charge in [0.05, 0.1) is 0 Å². The predicted molar refractivity (Wildman–Crippen MR) is 33.5 cm³/mol. The van der Waals surface area contributed by atoms with E-state index in [9.17, 15) is 4.79 Å². The molecule has 0 heterocycles. The molecule has 0 aromatic heterocycles. The lowest BCUT2D eigenvalue weighted by atomic mass is 10.6. The minimum atomic E-state index is 0. The molecule has 0 aliphatic heterocycles. The third-order valence-electron chi connectivity index (χ3n) is 0. The minimum Gasteiger partial charge on any atom is -0.300 e. The van der Waals surface area contributed by atoms with Crippen molar-refractivity contribution in [2.45, 2.75) is 27.7 Å². The van der Waals surface area contributed by atoms with Gasteiger partial charge in [-0.1, -0.05) is 13.8 Å². The van der Waals surface area contributed by atoms with Crippen molar-refractivity contribution < 1.29 is 4.79 Å². The van der Waals surface area contributed by atoms with Gasteiger partial charge in [-0.3, -0.25) is 0 Å². The van der Waals surface area contributed by atoms with Gasteiger partial charge in [-0.15, -0.1) is 0 Å². The van der Waals surface area contributed by atoms with Crippen LogP contribution in [0.1, 0.15) is 27.7 Å². The van der Waals surface area contributed by atoms with Crippen LogP contribution in [0.2, 0.25) is 0 Å². The van der Waals surface area contributed by atoms with E-state index < -0.39 is 0 Å². The van der Waals surface area contributed by atoms with Crippen molar-refractivity contribution in [1.29, 1.82) is 0 Å². The molecule has 0 aromatic carbocycles. The van der Waals surface area contributed by atoms with Gasteiger partial charge in [0.25, 0.3) is 0 Å². The highest BCUT2D eigenvalue weighted by molar-refractivity contribution is 5.75. The van der Waals surface area contributed by atoms with Gasteiger partial charge in [0, 0.05) is 8.41 Å². The Morgan fingerprint density at radius 3 is 1.14 bits per heavy atom. The molecule has 0 amide bonds. The maximum Gasteiger partial charge on any atom is 0.126 e. The van der Waals surface area contributed by atoms with Gasteiger partial charge < -0.3 is 4.79 Å². The van der Waals surface area contributed by atoms with Crippen molar-refractivity contribution in [2.24, 2.45) is 0 Å². The number of hydrogen-bond acceptors (Lipinski definition) is 1. The van der Waals surface area contributed by atoms with Crippen LogP contribution < -0.4 is 0 Å². The molecule has 0 fully saturated rings. The molecule has 0 aromatic rings. The zero-order chi connectivity index (χ0) is 5.58. The first-order chi connectivity index (χ1) is 2.73. The van der Waals surface area contributed by atoms with E-state index >= 15 is 0 Å². The topological polar surface area (TPSA) is 17.1 Å². The summed E-state index contributed by atoms with van der Waals surface area (Å²) in [4.78, 5) is 9.44. The zero-order valence-corrected chi connectivity index (χ0v) is 5.49. The van der Waals surface area contributed by atoms with Gasteiger partial charge in [-0.25, -0.2) is 0 Å². The third-order valence-corrected chi connectivity index (χ3v) is 0. The maximum absolute atomic E-state index is 9.44. The Morgan fingerprint density at radius 1 is 1.14 bits per heavy atom. The van der Waals surface area contributed by atoms with Crippen molar-refractivity contribution in [3.05, 3.63) is 0 Å². The summed E-state index contributed by atoms with van der Waals surface area (Å²) in [5.41, 5.74) is 0. The third kappa shape index (κ3) is 1140. The molecule has 0 atom stereocenters. The van der Waals surface area contributed by atoms with Gasteiger partial charge in [0.1, 0.15) is 5.78 Å². The van der Waals surface area contributed by atoms with E-state index in [0.29, 0.717) is 0 Å². The van der Waals surface area contributed by atoms with Crippen molar-refractivity contribution in [1.82, 2.24) is 0 Å². The van der Waals surface area contributed by atoms with Crippen LogP contribution in [0.25, 0.3) is 0 Å². The van der Waals surface area contributed by atoms with Crippen molar-refractivity contribution in [2.75, 3.05) is 0 Å². The average Bonchev–Trinajstić information content (AvgIpc) is 1.41. The molecule has 3 radical (unpaired) electrons. The molecular weight excluding hydrogens is 86.9 g/mol. The SMILES string of the molecule is CC.CC(C)=O.[B]. The lowest BCUT2D eigenvalue weighted by molar-refractivity contribution is -0.114. The molecule has 2 heteroatoms. The van der Waals surface area contributed by atoms with Crippen LogP contribution in [-0.4, -0.2) is 14.2 Å². The highest BCUT2D eigenvalue weighted by atomic mass is 16.1. The average molecular weight is 99.0 g/mol. The quantitative estimate of drug-likeness (QED) is 0.417. The molecule has 0 saturated carbocycles. The summed E-state index contributed by atoms with van der Waals surface area (Å²) in [6, 6.07) is 0. The van der Waals surface area contributed by atoms with Gasteiger partial charge in [-0.2, -0.15) is 0 Å². The smallest absolute Gasteiger partial charge is 0.126 e. The standard InChI is InChI=1S/C3H6O.C2H6.B/c1-3(2)4;1-2;/h1-2H3;1-2H3;. The number of rotatable bonds is 0. The minimum absolute atomic E-state index is 0. The Kier molecular flexibility index (Phi) is 39.0. The van der Waals surface area contributed by atoms with E-state index in [-0.39, 0.29) is 14.2 Å². The largest absolute Gasteiger partial charge is 0.300 e. The first-order valence-electron chi connectivity index (χ1n) is 2.20. The van der Waals surface area contributed by atoms with Gasteiger partial charge in [-0.05, 0) is 13.8 Å². The first kappa shape index (κ1) is 15.9. The Balaban J connectivity index is -0.0000000480. The van der Waals surface area contributed by atoms with E-state index in [1.807, 2.05) is 13.8 Å². The van der Waals surface area contributed by atoms with Crippen LogP contribution in [0.5, 0.6) is 0 Å². The zero-order valence-electron chi connectivity index (χ0n) is 5.49. The maximum atomic E-state index is 9.44. The van der Waals surface area contributed by atoms with Gasteiger partial charge >= 0.3 is 0 Å². The number of carbonyl (C=O) groups is 1. The van der Waals surface area contributed by atoms with E-state index in [2.05, 4.69) is 0 Å². The van der Waals surface area contributed by atoms with Crippen LogP contribution in [-0.2, 0) is 4.79 Å². The van der Waals surface area contributed by atoms with E-state index in [1.54, 1.807) is 0 Å². The van der Waals surface area contributed by atoms with Crippen molar-refractivity contribution in [3.8, 4) is 0 Å². The van der Waals surface area contributed by atoms with E-state index in [4.69, 9.17) is 0 Å². The summed E-state index contributed by atoms with van der Waals surface area (Å²) in [5, 5.41) is 0. The second kappa shape index (κ2) is 17.2. The Labute approximate surface area is 47.7 Å². The highest BCUT2D eigenvalue weighted by Crippen LogP contribution is 1.50. The molecule has 0 N–H and O–H groups in total. The van der Waals surface area contributed by atoms with Crippen LogP contribution in [0, 0.1) is 0 Å². The molecule has 0 spiro atoms. The molecule has 0 aliphatic rings. The highest BCUT2D eigenvalue weighted by Gasteiger charge is 1.62. The fourth-order valence-corrected chi connectivity index (χ4v) is 0. The van der Waals surface area contributed by atoms with Gasteiger partial charge in [0.2, 0.25) is 0 Å². The molecule has 0 bridgehead atoms. The molecule has 41 valence electrons. The van der Waals surface area contributed by atoms with Crippen LogP contribution in [0.4, 0.5) is 0 Å². The molecule has 0 aliphatic carbocycles. The second-order valence-corrected chi connectivity index (χ2v) is 0.908. The molecule has 0 saturated heterocycles. The summed E-state index contributed by atoms with van der Waals surface area (Å²) >= 11 is 0. The van der Waals surface area contributed by atoms with Gasteiger partial charge in [0.15, 0.2) is 0 Å². The fraction of sp³-hybridized carbons (Fsp3) is 0.800. The summed E-state index contributed by atoms with van der Waals surface area (Å²) in [6.07, 6.45) is 0. The first-order valence-corrected chi connectivity index (χ1v) is 2.20. The van der Waals surface area contributed by atoms with E-state index in [1.165, 1.54) is 13.8 Å². The summed E-state index contributed by atoms with van der Waals surface area (Å²) in [5.74, 6) is 0.167. The lowest BCUT2D eigenvalue weighted by Gasteiger charge is -1.56. The number of carbonyl (C=O) groups excluding carboxylic acids is 1. The van der Waals surface area contributed by atoms with E-state index in [0.717, 1.165) is 0 Å². The van der Waals surface area contributed by atoms with Crippen LogP contribution in [0.3, 0.4) is 0 Å². The number of Topliss-reactive ketones (excluding diaryl/α,β-unsaturated/α-hetero) is 1. The van der Waals surface area contributed by atoms with Crippen molar-refractivity contribution >= 4 is 14.2 Å². The molecule has 7 heavy (non-hydrogen) atoms. The number of ketones is 1. The summed E-state index contributed by atoms with van der Waals surface area (Å²) < 4.78 is 0. The molecule has 0 unspecified atom stereocenters. The molecule has 0 rings (SSSR count). The number of hydrogen-bond donors (Lipinski definition) is 0. The fourth-order valence-electron chi connectivity index (χ4n) is 0. The summed E-state index contributed by atoms with van der Waals surface area (Å²) in [6.45, 7) is 7.06. The monoisotopic (exact) mass is 99.1 g/mol. The second-order valence-electron chi connectivity index (χ2n) is 0.908. The summed E-state index contributed by atoms with van der Waals surface area (Å²) in [7, 11) is 0. The van der Waals surface area contributed by atoms with Crippen LogP contribution in [0.15, 0.2) is 0 Å². The predicted octanol–water partition coefficient (Wildman–Crippen LogP) is 1.24. The molecule has 1 nitrogen and oxygen atoms in total. The molecular formula is C5H12BO. The Morgan fingerprint density at radius 2 is 1.14 bits per heavy atom. The normalized spacial score (nSPS) is 4.57. The lowest BCUT2D eigenvalue weighted by Crippen LogP contribution is -1.69. The van der Waals surface area contributed by atoms with Crippen LogP contribution >= 0.6 is 0 Å². The van der Waals surface area contributed by atoms with Crippen molar-refractivity contribution in [3.63, 3.8) is 0 Å². The Hall–Kier alpha value is -0.265.